The minimum absolute atomic E-state index is 0.0431. The molecule has 0 unspecified atom stereocenters. The van der Waals surface area contributed by atoms with E-state index in [2.05, 4.69) is 60.6 Å². The van der Waals surface area contributed by atoms with Gasteiger partial charge in [-0.15, -0.1) is 11.3 Å². The second-order valence-electron chi connectivity index (χ2n) is 6.45. The van der Waals surface area contributed by atoms with Crippen LogP contribution in [0.3, 0.4) is 0 Å². The number of nitrogens with zero attached hydrogens (tertiary/aromatic N) is 1. The lowest BCUT2D eigenvalue weighted by Crippen LogP contribution is -3.09. The lowest BCUT2D eigenvalue weighted by atomic mass is 10.1. The van der Waals surface area contributed by atoms with Crippen molar-refractivity contribution in [3.63, 3.8) is 0 Å². The molecule has 3 aromatic rings. The number of rotatable bonds is 6. The van der Waals surface area contributed by atoms with Crippen LogP contribution in [0, 0.1) is 6.92 Å². The van der Waals surface area contributed by atoms with Crippen molar-refractivity contribution in [2.24, 2.45) is 0 Å². The Hall–Kier alpha value is -2.02. The van der Waals surface area contributed by atoms with Crippen molar-refractivity contribution in [2.75, 3.05) is 27.2 Å². The van der Waals surface area contributed by atoms with Crippen molar-refractivity contribution in [1.29, 1.82) is 0 Å². The minimum atomic E-state index is -0.0431. The molecule has 4 N–H and O–H groups in total. The van der Waals surface area contributed by atoms with E-state index in [0.717, 1.165) is 34.9 Å². The van der Waals surface area contributed by atoms with E-state index < -0.39 is 0 Å². The van der Waals surface area contributed by atoms with Crippen LogP contribution in [0.25, 0.3) is 21.3 Å². The largest absolute Gasteiger partial charge is 0.335 e. The lowest BCUT2D eigenvalue weighted by molar-refractivity contribution is -0.875. The number of aryl methyl sites for hydroxylation is 1. The topological polar surface area (TPSA) is 66.8 Å². The van der Waals surface area contributed by atoms with Crippen LogP contribution in [0.5, 0.6) is 0 Å². The maximum atomic E-state index is 12.6. The lowest BCUT2D eigenvalue weighted by Gasteiger charge is -2.06. The number of H-pyrrole nitrogens is 1. The Kier molecular flexibility index (Phi) is 5.08. The summed E-state index contributed by atoms with van der Waals surface area (Å²) >= 11 is 1.54. The van der Waals surface area contributed by atoms with E-state index >= 15 is 0 Å². The number of aromatic nitrogens is 2. The second kappa shape index (κ2) is 7.25. The molecule has 0 spiro atoms. The molecule has 0 aliphatic rings. The summed E-state index contributed by atoms with van der Waals surface area (Å²) in [6.45, 7) is 4.87. The number of nitrogens with two attached hydrogens (primary N) is 1. The Morgan fingerprint density at radius 3 is 2.71 bits per heavy atom. The van der Waals surface area contributed by atoms with Gasteiger partial charge >= 0.3 is 0 Å². The Bertz CT molecular complexity index is 880. The highest BCUT2D eigenvalue weighted by Gasteiger charge is 2.13. The fourth-order valence-corrected chi connectivity index (χ4v) is 3.63. The highest BCUT2D eigenvalue weighted by Crippen LogP contribution is 2.30. The van der Waals surface area contributed by atoms with Gasteiger partial charge in [-0.3, -0.25) is 4.79 Å². The van der Waals surface area contributed by atoms with Gasteiger partial charge in [-0.25, -0.2) is 4.98 Å². The SMILES string of the molecule is Cc1ccc(-c2csc3nc(C[NH2+]CC[NH+](C)C)[nH]c(=O)c23)cc1. The molecule has 0 fully saturated rings. The number of likely N-dealkylation sites (N-methyl/N-ethyl adjacent to an activating group) is 1. The molecule has 5 nitrogen and oxygen atoms in total. The minimum Gasteiger partial charge on any atom is -0.335 e. The molecule has 0 saturated carbocycles. The van der Waals surface area contributed by atoms with Gasteiger partial charge in [0.1, 0.15) is 24.5 Å². The molecule has 0 aliphatic carbocycles. The average molecular weight is 344 g/mol. The van der Waals surface area contributed by atoms with E-state index in [4.69, 9.17) is 0 Å². The average Bonchev–Trinajstić information content (AvgIpc) is 2.97. The highest BCUT2D eigenvalue weighted by molar-refractivity contribution is 7.17. The Balaban J connectivity index is 1.86. The maximum Gasteiger partial charge on any atom is 0.260 e. The third-order valence-corrected chi connectivity index (χ3v) is 4.91. The quantitative estimate of drug-likeness (QED) is 0.558. The van der Waals surface area contributed by atoms with Gasteiger partial charge in [0.25, 0.3) is 5.56 Å². The number of benzene rings is 1. The van der Waals surface area contributed by atoms with Gasteiger partial charge in [0.05, 0.1) is 19.5 Å². The summed E-state index contributed by atoms with van der Waals surface area (Å²) in [6, 6.07) is 8.25. The molecule has 2 aromatic heterocycles. The molecular weight excluding hydrogens is 320 g/mol. The van der Waals surface area contributed by atoms with Crippen LogP contribution >= 0.6 is 11.3 Å². The van der Waals surface area contributed by atoms with Crippen LogP contribution in [0.4, 0.5) is 0 Å². The van der Waals surface area contributed by atoms with Gasteiger partial charge in [0.15, 0.2) is 5.82 Å². The summed E-state index contributed by atoms with van der Waals surface area (Å²) < 4.78 is 0. The fourth-order valence-electron chi connectivity index (χ4n) is 2.67. The van der Waals surface area contributed by atoms with E-state index in [1.165, 1.54) is 21.8 Å². The van der Waals surface area contributed by atoms with Crippen molar-refractivity contribution in [2.45, 2.75) is 13.5 Å². The van der Waals surface area contributed by atoms with Crippen molar-refractivity contribution in [3.05, 3.63) is 51.4 Å². The van der Waals surface area contributed by atoms with Gasteiger partial charge < -0.3 is 15.2 Å². The summed E-state index contributed by atoms with van der Waals surface area (Å²) in [7, 11) is 4.27. The van der Waals surface area contributed by atoms with Crippen molar-refractivity contribution < 1.29 is 10.2 Å². The first kappa shape index (κ1) is 16.8. The van der Waals surface area contributed by atoms with E-state index in [1.54, 1.807) is 0 Å². The van der Waals surface area contributed by atoms with E-state index in [1.807, 2.05) is 5.38 Å². The van der Waals surface area contributed by atoms with Crippen LogP contribution in [0.15, 0.2) is 34.4 Å². The second-order valence-corrected chi connectivity index (χ2v) is 7.30. The number of thiophene rings is 1. The smallest absolute Gasteiger partial charge is 0.260 e. The van der Waals surface area contributed by atoms with Crippen LogP contribution < -0.4 is 15.8 Å². The molecule has 24 heavy (non-hydrogen) atoms. The standard InChI is InChI=1S/C18H22N4OS/c1-12-4-6-13(7-5-12)14-11-24-18-16(14)17(23)20-15(21-18)10-19-8-9-22(2)3/h4-7,11,19H,8-10H2,1-3H3,(H,20,21,23)/p+2. The first-order valence-corrected chi connectivity index (χ1v) is 9.10. The maximum absolute atomic E-state index is 12.6. The number of aromatic amines is 1. The molecular formula is C18H24N4OS+2. The number of hydrogen-bond acceptors (Lipinski definition) is 3. The molecule has 1 aromatic carbocycles. The van der Waals surface area contributed by atoms with Crippen LogP contribution in [-0.4, -0.2) is 37.2 Å². The summed E-state index contributed by atoms with van der Waals surface area (Å²) in [5.74, 6) is 0.749. The molecule has 3 rings (SSSR count). The summed E-state index contributed by atoms with van der Waals surface area (Å²) in [4.78, 5) is 22.4. The van der Waals surface area contributed by atoms with Gasteiger partial charge in [-0.05, 0) is 12.5 Å². The third-order valence-electron chi connectivity index (χ3n) is 4.04. The molecule has 0 aliphatic heterocycles. The zero-order valence-electron chi connectivity index (χ0n) is 14.3. The van der Waals surface area contributed by atoms with Crippen molar-refractivity contribution >= 4 is 21.6 Å². The van der Waals surface area contributed by atoms with Crippen molar-refractivity contribution in [1.82, 2.24) is 9.97 Å². The number of hydrogen-bond donors (Lipinski definition) is 3. The monoisotopic (exact) mass is 344 g/mol. The number of quaternary nitrogens is 2. The van der Waals surface area contributed by atoms with Crippen LogP contribution in [-0.2, 0) is 6.54 Å². The van der Waals surface area contributed by atoms with E-state index in [0.29, 0.717) is 11.9 Å². The van der Waals surface area contributed by atoms with Gasteiger partial charge in [0, 0.05) is 10.9 Å². The molecule has 6 heteroatoms. The third kappa shape index (κ3) is 3.72. The predicted octanol–water partition coefficient (Wildman–Crippen LogP) is 0.168. The van der Waals surface area contributed by atoms with Gasteiger partial charge in [0.2, 0.25) is 0 Å². The number of nitrogens with one attached hydrogen (secondary N) is 2. The summed E-state index contributed by atoms with van der Waals surface area (Å²) in [6.07, 6.45) is 0. The van der Waals surface area contributed by atoms with Crippen LogP contribution in [0.1, 0.15) is 11.4 Å². The Labute approximate surface area is 145 Å². The summed E-state index contributed by atoms with van der Waals surface area (Å²) in [5.41, 5.74) is 3.20. The molecule has 0 atom stereocenters. The zero-order chi connectivity index (χ0) is 17.1. The molecule has 0 amide bonds. The van der Waals surface area contributed by atoms with Gasteiger partial charge in [-0.1, -0.05) is 29.8 Å². The molecule has 126 valence electrons. The number of fused-ring (bicyclic) bond motifs is 1. The van der Waals surface area contributed by atoms with Crippen molar-refractivity contribution in [3.8, 4) is 11.1 Å². The zero-order valence-corrected chi connectivity index (χ0v) is 15.2. The Morgan fingerprint density at radius 1 is 1.25 bits per heavy atom. The predicted molar refractivity (Wildman–Crippen MR) is 98.6 cm³/mol. The summed E-state index contributed by atoms with van der Waals surface area (Å²) in [5, 5.41) is 4.91. The van der Waals surface area contributed by atoms with E-state index in [9.17, 15) is 4.79 Å². The molecule has 0 bridgehead atoms. The Morgan fingerprint density at radius 2 is 2.00 bits per heavy atom. The molecule has 2 heterocycles. The first-order chi connectivity index (χ1) is 11.5. The molecule has 0 radical (unpaired) electrons. The van der Waals surface area contributed by atoms with Crippen LogP contribution in [0.2, 0.25) is 0 Å². The van der Waals surface area contributed by atoms with E-state index in [-0.39, 0.29) is 5.56 Å². The fraction of sp³-hybridized carbons (Fsp3) is 0.333. The normalized spacial score (nSPS) is 11.5. The highest BCUT2D eigenvalue weighted by atomic mass is 32.1. The first-order valence-electron chi connectivity index (χ1n) is 8.22. The molecule has 0 saturated heterocycles. The van der Waals surface area contributed by atoms with Gasteiger partial charge in [-0.2, -0.15) is 0 Å².